The number of hydrogen-bond acceptors (Lipinski definition) is 4. The van der Waals surface area contributed by atoms with E-state index in [1.807, 2.05) is 0 Å². The van der Waals surface area contributed by atoms with Crippen LogP contribution in [0, 0.1) is 0 Å². The van der Waals surface area contributed by atoms with E-state index in [1.54, 1.807) is 0 Å². The third-order valence-electron chi connectivity index (χ3n) is 1.84. The van der Waals surface area contributed by atoms with E-state index < -0.39 is 29.0 Å². The smallest absolute Gasteiger partial charge is 0.422 e. The first-order valence-corrected chi connectivity index (χ1v) is 4.90. The van der Waals surface area contributed by atoms with Gasteiger partial charge >= 0.3 is 16.3 Å². The number of likely N-dealkylation sites (N-methyl/N-ethyl adjacent to an activating group) is 1. The molecule has 1 aliphatic heterocycles. The van der Waals surface area contributed by atoms with E-state index >= 15 is 0 Å². The summed E-state index contributed by atoms with van der Waals surface area (Å²) < 4.78 is 23.7. The summed E-state index contributed by atoms with van der Waals surface area (Å²) >= 11 is 0. The number of hydrogen-bond donors (Lipinski definition) is 2. The molecule has 0 spiro atoms. The van der Waals surface area contributed by atoms with Gasteiger partial charge < -0.3 is 10.2 Å². The van der Waals surface area contributed by atoms with E-state index in [-0.39, 0.29) is 10.8 Å². The maximum Gasteiger partial charge on any atom is 0.422 e. The van der Waals surface area contributed by atoms with Gasteiger partial charge in [-0.3, -0.25) is 0 Å². The van der Waals surface area contributed by atoms with Crippen LogP contribution in [0.3, 0.4) is 0 Å². The number of aliphatic hydroxyl groups excluding tert-OH is 1. The van der Waals surface area contributed by atoms with Gasteiger partial charge in [0.05, 0.1) is 12.6 Å². The zero-order valence-electron chi connectivity index (χ0n) is 6.91. The van der Waals surface area contributed by atoms with E-state index in [0.717, 1.165) is 4.31 Å². The normalized spacial score (nSPS) is 27.8. The Hall–Kier alpha value is -0.860. The molecule has 1 fully saturated rings. The molecule has 0 aromatic rings. The monoisotopic (exact) mass is 210 g/mol. The summed E-state index contributed by atoms with van der Waals surface area (Å²) in [5.74, 6) is 0. The number of nitrogens with zero attached hydrogens (tertiary/aromatic N) is 2. The molecule has 0 saturated carbocycles. The Morgan fingerprint density at radius 2 is 2.15 bits per heavy atom. The summed E-state index contributed by atoms with van der Waals surface area (Å²) in [6, 6.07) is -0.896. The molecule has 7 nitrogen and oxygen atoms in total. The summed E-state index contributed by atoms with van der Waals surface area (Å²) in [6.45, 7) is -0.513. The molecule has 1 unspecified atom stereocenters. The molecule has 0 aliphatic carbocycles. The average Bonchev–Trinajstić information content (AvgIpc) is 2.22. The summed E-state index contributed by atoms with van der Waals surface area (Å²) in [4.78, 5) is 10.5. The van der Waals surface area contributed by atoms with Gasteiger partial charge in [0.2, 0.25) is 0 Å². The lowest BCUT2D eigenvalue weighted by Gasteiger charge is -2.16. The molecule has 0 bridgehead atoms. The van der Waals surface area contributed by atoms with Crippen LogP contribution in [0.25, 0.3) is 0 Å². The van der Waals surface area contributed by atoms with E-state index in [0.29, 0.717) is 0 Å². The number of amides is 1. The fourth-order valence-corrected chi connectivity index (χ4v) is 2.56. The molecule has 1 rings (SSSR count). The fraction of sp³-hybridized carbons (Fsp3) is 0.800. The number of aliphatic hydroxyl groups is 1. The molecule has 76 valence electrons. The maximum atomic E-state index is 11.3. The van der Waals surface area contributed by atoms with Crippen molar-refractivity contribution in [3.8, 4) is 0 Å². The Morgan fingerprint density at radius 1 is 1.62 bits per heavy atom. The van der Waals surface area contributed by atoms with Crippen molar-refractivity contribution in [1.29, 1.82) is 0 Å². The minimum atomic E-state index is -3.92. The van der Waals surface area contributed by atoms with E-state index in [9.17, 15) is 13.2 Å². The van der Waals surface area contributed by atoms with Gasteiger partial charge in [-0.25, -0.2) is 4.79 Å². The van der Waals surface area contributed by atoms with Crippen LogP contribution >= 0.6 is 0 Å². The fourth-order valence-electron chi connectivity index (χ4n) is 1.19. The van der Waals surface area contributed by atoms with Gasteiger partial charge in [0, 0.05) is 13.6 Å². The molecule has 1 heterocycles. The second-order valence-electron chi connectivity index (χ2n) is 2.70. The highest BCUT2D eigenvalue weighted by Gasteiger charge is 2.44. The van der Waals surface area contributed by atoms with Crippen LogP contribution in [-0.2, 0) is 10.2 Å². The molecule has 0 aromatic heterocycles. The van der Waals surface area contributed by atoms with Crippen LogP contribution in [0.1, 0.15) is 0 Å². The van der Waals surface area contributed by atoms with Crippen molar-refractivity contribution < 1.29 is 23.4 Å². The van der Waals surface area contributed by atoms with Crippen molar-refractivity contribution in [2.24, 2.45) is 0 Å². The van der Waals surface area contributed by atoms with Gasteiger partial charge in [0.1, 0.15) is 0 Å². The molecule has 1 aliphatic rings. The van der Waals surface area contributed by atoms with Crippen molar-refractivity contribution in [3.05, 3.63) is 0 Å². The first kappa shape index (κ1) is 10.2. The first-order chi connectivity index (χ1) is 5.91. The molecule has 0 aromatic carbocycles. The number of carbonyl (C=O) groups is 1. The molecule has 1 saturated heterocycles. The standard InChI is InChI=1S/C5H10N2O5S/c1-6-2-4(3-8)7(5(9)10)13(6,11)12/h4,8H,2-3H2,1H3,(H,9,10). The Balaban J connectivity index is 3.06. The molecule has 8 heteroatoms. The van der Waals surface area contributed by atoms with Crippen LogP contribution in [0.15, 0.2) is 0 Å². The van der Waals surface area contributed by atoms with Crippen LogP contribution in [0.4, 0.5) is 4.79 Å². The predicted octanol–water partition coefficient (Wildman–Crippen LogP) is -1.48. The van der Waals surface area contributed by atoms with Gasteiger partial charge in [-0.15, -0.1) is 0 Å². The van der Waals surface area contributed by atoms with Crippen molar-refractivity contribution in [2.45, 2.75) is 6.04 Å². The van der Waals surface area contributed by atoms with Crippen molar-refractivity contribution in [3.63, 3.8) is 0 Å². The Labute approximate surface area is 75.4 Å². The Bertz CT molecular complexity index is 313. The van der Waals surface area contributed by atoms with Crippen LogP contribution in [0.2, 0.25) is 0 Å². The predicted molar refractivity (Wildman–Crippen MR) is 42.3 cm³/mol. The van der Waals surface area contributed by atoms with Gasteiger partial charge in [0.15, 0.2) is 0 Å². The minimum Gasteiger partial charge on any atom is -0.464 e. The first-order valence-electron chi connectivity index (χ1n) is 3.50. The highest BCUT2D eigenvalue weighted by Crippen LogP contribution is 2.20. The Morgan fingerprint density at radius 3 is 2.46 bits per heavy atom. The lowest BCUT2D eigenvalue weighted by molar-refractivity contribution is 0.145. The summed E-state index contributed by atoms with van der Waals surface area (Å²) in [5.41, 5.74) is 0. The summed E-state index contributed by atoms with van der Waals surface area (Å²) in [7, 11) is -2.65. The van der Waals surface area contributed by atoms with Gasteiger partial charge in [-0.2, -0.15) is 17.0 Å². The quantitative estimate of drug-likeness (QED) is 0.550. The largest absolute Gasteiger partial charge is 0.464 e. The SMILES string of the molecule is CN1CC(CO)N(C(=O)O)S1(=O)=O. The second kappa shape index (κ2) is 3.13. The van der Waals surface area contributed by atoms with Crippen LogP contribution < -0.4 is 0 Å². The van der Waals surface area contributed by atoms with E-state index in [1.165, 1.54) is 7.05 Å². The average molecular weight is 210 g/mol. The van der Waals surface area contributed by atoms with Gasteiger partial charge in [-0.05, 0) is 0 Å². The molecule has 1 amide bonds. The topological polar surface area (TPSA) is 98.2 Å². The summed E-state index contributed by atoms with van der Waals surface area (Å²) in [5, 5.41) is 17.3. The third kappa shape index (κ3) is 1.47. The van der Waals surface area contributed by atoms with Crippen molar-refractivity contribution >= 4 is 16.3 Å². The highest BCUT2D eigenvalue weighted by molar-refractivity contribution is 7.87. The molecular weight excluding hydrogens is 200 g/mol. The van der Waals surface area contributed by atoms with E-state index in [2.05, 4.69) is 0 Å². The maximum absolute atomic E-state index is 11.3. The summed E-state index contributed by atoms with van der Waals surface area (Å²) in [6.07, 6.45) is -1.57. The van der Waals surface area contributed by atoms with Crippen molar-refractivity contribution in [1.82, 2.24) is 8.61 Å². The second-order valence-corrected chi connectivity index (χ2v) is 4.62. The Kier molecular flexibility index (Phi) is 2.46. The number of carboxylic acid groups (broad SMARTS) is 1. The minimum absolute atomic E-state index is 0.00880. The molecule has 2 N–H and O–H groups in total. The third-order valence-corrected chi connectivity index (χ3v) is 3.73. The lowest BCUT2D eigenvalue weighted by atomic mass is 10.3. The van der Waals surface area contributed by atoms with Gasteiger partial charge in [0.25, 0.3) is 0 Å². The van der Waals surface area contributed by atoms with Crippen LogP contribution in [-0.4, -0.2) is 59.6 Å². The van der Waals surface area contributed by atoms with Crippen LogP contribution in [0.5, 0.6) is 0 Å². The molecule has 0 radical (unpaired) electrons. The van der Waals surface area contributed by atoms with E-state index in [4.69, 9.17) is 10.2 Å². The molecule has 13 heavy (non-hydrogen) atoms. The van der Waals surface area contributed by atoms with Gasteiger partial charge in [-0.1, -0.05) is 0 Å². The molecule has 1 atom stereocenters. The highest BCUT2D eigenvalue weighted by atomic mass is 32.2. The molecular formula is C5H10N2O5S. The zero-order valence-corrected chi connectivity index (χ0v) is 7.73. The van der Waals surface area contributed by atoms with Crippen molar-refractivity contribution in [2.75, 3.05) is 20.2 Å². The lowest BCUT2D eigenvalue weighted by Crippen LogP contribution is -2.40. The zero-order chi connectivity index (χ0) is 10.2. The number of rotatable bonds is 1.